The molecule has 1 amide bonds. The third-order valence-electron chi connectivity index (χ3n) is 2.41. The molecule has 0 aromatic heterocycles. The summed E-state index contributed by atoms with van der Waals surface area (Å²) in [7, 11) is 1.85. The zero-order chi connectivity index (χ0) is 11.8. The van der Waals surface area contributed by atoms with Crippen molar-refractivity contribution in [3.05, 3.63) is 29.8 Å². The minimum absolute atomic E-state index is 0.0675. The second-order valence-corrected chi connectivity index (χ2v) is 3.81. The molecule has 0 fully saturated rings. The van der Waals surface area contributed by atoms with Gasteiger partial charge in [-0.2, -0.15) is 0 Å². The van der Waals surface area contributed by atoms with Gasteiger partial charge in [0.2, 0.25) is 5.91 Å². The molecule has 1 aromatic rings. The van der Waals surface area contributed by atoms with E-state index in [0.29, 0.717) is 13.0 Å². The van der Waals surface area contributed by atoms with Crippen molar-refractivity contribution in [1.29, 1.82) is 0 Å². The van der Waals surface area contributed by atoms with Crippen LogP contribution in [0.3, 0.4) is 0 Å². The van der Waals surface area contributed by atoms with Gasteiger partial charge in [0.1, 0.15) is 0 Å². The van der Waals surface area contributed by atoms with Gasteiger partial charge in [-0.15, -0.1) is 0 Å². The fraction of sp³-hybridized carbons (Fsp3) is 0.462. The largest absolute Gasteiger partial charge is 0.326 e. The number of para-hydroxylation sites is 1. The van der Waals surface area contributed by atoms with E-state index in [9.17, 15) is 4.79 Å². The number of anilines is 1. The quantitative estimate of drug-likeness (QED) is 0.771. The Kier molecular flexibility index (Phi) is 5.57. The van der Waals surface area contributed by atoms with Crippen LogP contribution >= 0.6 is 0 Å². The van der Waals surface area contributed by atoms with Gasteiger partial charge in [0.15, 0.2) is 0 Å². The van der Waals surface area contributed by atoms with Crippen molar-refractivity contribution < 1.29 is 4.79 Å². The minimum atomic E-state index is 0.0675. The number of nitrogens with one attached hydrogen (secondary N) is 2. The monoisotopic (exact) mass is 220 g/mol. The highest BCUT2D eigenvalue weighted by Crippen LogP contribution is 2.16. The van der Waals surface area contributed by atoms with Gasteiger partial charge >= 0.3 is 0 Å². The second kappa shape index (κ2) is 7.01. The standard InChI is InChI=1S/C13H20N2O/c1-3-6-11-7-4-5-8-12(11)15-13(16)9-10-14-2/h4-5,7-8,14H,3,6,9-10H2,1-2H3,(H,15,16). The van der Waals surface area contributed by atoms with Gasteiger partial charge in [-0.25, -0.2) is 0 Å². The van der Waals surface area contributed by atoms with E-state index in [1.807, 2.05) is 25.2 Å². The first-order chi connectivity index (χ1) is 7.77. The summed E-state index contributed by atoms with van der Waals surface area (Å²) in [5, 5.41) is 5.91. The van der Waals surface area contributed by atoms with Crippen molar-refractivity contribution in [2.75, 3.05) is 18.9 Å². The van der Waals surface area contributed by atoms with E-state index in [1.54, 1.807) is 0 Å². The average Bonchev–Trinajstić information content (AvgIpc) is 2.29. The molecule has 0 saturated carbocycles. The normalized spacial score (nSPS) is 10.1. The number of hydrogen-bond acceptors (Lipinski definition) is 2. The lowest BCUT2D eigenvalue weighted by Crippen LogP contribution is -2.19. The van der Waals surface area contributed by atoms with Gasteiger partial charge < -0.3 is 10.6 Å². The maximum absolute atomic E-state index is 11.6. The first-order valence-electron chi connectivity index (χ1n) is 5.80. The van der Waals surface area contributed by atoms with Crippen LogP contribution in [0.2, 0.25) is 0 Å². The number of carbonyl (C=O) groups is 1. The summed E-state index contributed by atoms with van der Waals surface area (Å²) in [4.78, 5) is 11.6. The average molecular weight is 220 g/mol. The molecule has 0 saturated heterocycles. The molecular formula is C13H20N2O. The molecule has 0 bridgehead atoms. The van der Waals surface area contributed by atoms with Crippen molar-refractivity contribution in [3.63, 3.8) is 0 Å². The Morgan fingerprint density at radius 1 is 1.31 bits per heavy atom. The lowest BCUT2D eigenvalue weighted by Gasteiger charge is -2.10. The number of aryl methyl sites for hydroxylation is 1. The molecule has 1 aromatic carbocycles. The second-order valence-electron chi connectivity index (χ2n) is 3.81. The maximum Gasteiger partial charge on any atom is 0.225 e. The van der Waals surface area contributed by atoms with E-state index < -0.39 is 0 Å². The van der Waals surface area contributed by atoms with E-state index in [1.165, 1.54) is 5.56 Å². The Morgan fingerprint density at radius 3 is 2.75 bits per heavy atom. The SMILES string of the molecule is CCCc1ccccc1NC(=O)CCNC. The van der Waals surface area contributed by atoms with Crippen molar-refractivity contribution in [3.8, 4) is 0 Å². The highest BCUT2D eigenvalue weighted by Gasteiger charge is 2.04. The lowest BCUT2D eigenvalue weighted by molar-refractivity contribution is -0.116. The Bertz CT molecular complexity index is 336. The number of hydrogen-bond donors (Lipinski definition) is 2. The van der Waals surface area contributed by atoms with E-state index >= 15 is 0 Å². The molecule has 0 unspecified atom stereocenters. The first kappa shape index (κ1) is 12.7. The number of benzene rings is 1. The smallest absolute Gasteiger partial charge is 0.225 e. The Balaban J connectivity index is 2.61. The van der Waals surface area contributed by atoms with Gasteiger partial charge in [0.25, 0.3) is 0 Å². The number of amides is 1. The van der Waals surface area contributed by atoms with Crippen LogP contribution < -0.4 is 10.6 Å². The van der Waals surface area contributed by atoms with E-state index in [2.05, 4.69) is 23.6 Å². The summed E-state index contributed by atoms with van der Waals surface area (Å²) in [5.41, 5.74) is 2.16. The van der Waals surface area contributed by atoms with Crippen LogP contribution in [0.15, 0.2) is 24.3 Å². The zero-order valence-electron chi connectivity index (χ0n) is 10.0. The van der Waals surface area contributed by atoms with Crippen LogP contribution in [0.5, 0.6) is 0 Å². The molecule has 0 spiro atoms. The van der Waals surface area contributed by atoms with Crippen LogP contribution in [0.1, 0.15) is 25.3 Å². The molecule has 2 N–H and O–H groups in total. The number of carbonyl (C=O) groups excluding carboxylic acids is 1. The highest BCUT2D eigenvalue weighted by atomic mass is 16.1. The van der Waals surface area contributed by atoms with Crippen molar-refractivity contribution in [2.24, 2.45) is 0 Å². The topological polar surface area (TPSA) is 41.1 Å². The summed E-state index contributed by atoms with van der Waals surface area (Å²) in [6.45, 7) is 2.85. The molecule has 0 heterocycles. The zero-order valence-corrected chi connectivity index (χ0v) is 10.0. The van der Waals surface area contributed by atoms with Crippen molar-refractivity contribution >= 4 is 11.6 Å². The van der Waals surface area contributed by atoms with Crippen LogP contribution in [0.4, 0.5) is 5.69 Å². The minimum Gasteiger partial charge on any atom is -0.326 e. The van der Waals surface area contributed by atoms with E-state index in [-0.39, 0.29) is 5.91 Å². The maximum atomic E-state index is 11.6. The summed E-state index contributed by atoms with van der Waals surface area (Å²) in [6, 6.07) is 7.99. The fourth-order valence-corrected chi connectivity index (χ4v) is 1.58. The Morgan fingerprint density at radius 2 is 2.06 bits per heavy atom. The van der Waals surface area contributed by atoms with Gasteiger partial charge in [-0.3, -0.25) is 4.79 Å². The lowest BCUT2D eigenvalue weighted by atomic mass is 10.1. The summed E-state index contributed by atoms with van der Waals surface area (Å²) < 4.78 is 0. The molecule has 0 aliphatic rings. The van der Waals surface area contributed by atoms with E-state index in [4.69, 9.17) is 0 Å². The van der Waals surface area contributed by atoms with Gasteiger partial charge in [0.05, 0.1) is 0 Å². The molecule has 0 aliphatic carbocycles. The summed E-state index contributed by atoms with van der Waals surface area (Å²) in [6.07, 6.45) is 2.60. The van der Waals surface area contributed by atoms with Gasteiger partial charge in [-0.1, -0.05) is 31.5 Å². The molecule has 1 rings (SSSR count). The van der Waals surface area contributed by atoms with Crippen LogP contribution in [-0.2, 0) is 11.2 Å². The van der Waals surface area contributed by atoms with Crippen molar-refractivity contribution in [2.45, 2.75) is 26.2 Å². The highest BCUT2D eigenvalue weighted by molar-refractivity contribution is 5.91. The molecule has 3 heteroatoms. The first-order valence-corrected chi connectivity index (χ1v) is 5.80. The molecule has 16 heavy (non-hydrogen) atoms. The van der Waals surface area contributed by atoms with Crippen molar-refractivity contribution in [1.82, 2.24) is 5.32 Å². The molecule has 0 aliphatic heterocycles. The molecule has 0 atom stereocenters. The Labute approximate surface area is 97.2 Å². The third kappa shape index (κ3) is 4.03. The summed E-state index contributed by atoms with van der Waals surface area (Å²) >= 11 is 0. The molecule has 88 valence electrons. The Hall–Kier alpha value is -1.35. The van der Waals surface area contributed by atoms with E-state index in [0.717, 1.165) is 18.5 Å². The predicted molar refractivity (Wildman–Crippen MR) is 67.6 cm³/mol. The van der Waals surface area contributed by atoms with Crippen LogP contribution in [0, 0.1) is 0 Å². The fourth-order valence-electron chi connectivity index (χ4n) is 1.58. The third-order valence-corrected chi connectivity index (χ3v) is 2.41. The van der Waals surface area contributed by atoms with Crippen LogP contribution in [0.25, 0.3) is 0 Å². The molecule has 3 nitrogen and oxygen atoms in total. The number of rotatable bonds is 6. The molecular weight excluding hydrogens is 200 g/mol. The molecule has 0 radical (unpaired) electrons. The predicted octanol–water partition coefficient (Wildman–Crippen LogP) is 2.19. The summed E-state index contributed by atoms with van der Waals surface area (Å²) in [5.74, 6) is 0.0675. The van der Waals surface area contributed by atoms with Gasteiger partial charge in [-0.05, 0) is 25.1 Å². The van der Waals surface area contributed by atoms with Gasteiger partial charge in [0, 0.05) is 18.7 Å². The van der Waals surface area contributed by atoms with Crippen LogP contribution in [-0.4, -0.2) is 19.5 Å².